The Hall–Kier alpha value is -1.75. The number of nitrogens with two attached hydrogens (primary N) is 2. The zero-order valence-corrected chi connectivity index (χ0v) is 27.2. The maximum Gasteiger partial charge on any atom is 0.406 e. The number of ether oxygens (including phenoxy) is 2. The second kappa shape index (κ2) is 13.5. The lowest BCUT2D eigenvalue weighted by Crippen LogP contribution is -2.39. The first kappa shape index (κ1) is 34.7. The van der Waals surface area contributed by atoms with Crippen molar-refractivity contribution in [3.05, 3.63) is 6.33 Å². The Morgan fingerprint density at radius 2 is 1.93 bits per heavy atom. The molecule has 3 heterocycles. The SMILES string of the molecule is CC(C)OC(=O)[C@H](C)N[P@@](=O)(OCCSC(=O)C(C)(C)C)OC[C@H]1O[C@@H](n2cnc3c(N)nc(N)nc32)C(Cl)(Cl)[C@@H]1O. The van der Waals surface area contributed by atoms with Crippen LogP contribution in [0.3, 0.4) is 0 Å². The number of nitrogens with zero attached hydrogens (tertiary/aromatic N) is 4. The number of hydrogen-bond donors (Lipinski definition) is 4. The van der Waals surface area contributed by atoms with E-state index in [1.807, 2.05) is 0 Å². The summed E-state index contributed by atoms with van der Waals surface area (Å²) in [6.07, 6.45) is -3.17. The zero-order chi connectivity index (χ0) is 31.6. The number of thioether (sulfide) groups is 1. The molecule has 236 valence electrons. The van der Waals surface area contributed by atoms with E-state index < -0.39 is 60.7 Å². The maximum atomic E-state index is 13.7. The van der Waals surface area contributed by atoms with Crippen LogP contribution in [-0.4, -0.2) is 83.4 Å². The molecule has 0 bridgehead atoms. The Morgan fingerprint density at radius 1 is 1.26 bits per heavy atom. The van der Waals surface area contributed by atoms with Crippen LogP contribution in [0.2, 0.25) is 0 Å². The number of nitrogens with one attached hydrogen (secondary N) is 1. The van der Waals surface area contributed by atoms with Gasteiger partial charge in [-0.1, -0.05) is 55.7 Å². The summed E-state index contributed by atoms with van der Waals surface area (Å²) in [6, 6.07) is -1.10. The molecule has 0 unspecified atom stereocenters. The highest BCUT2D eigenvalue weighted by molar-refractivity contribution is 8.13. The van der Waals surface area contributed by atoms with Crippen molar-refractivity contribution in [3.63, 3.8) is 0 Å². The summed E-state index contributed by atoms with van der Waals surface area (Å²) >= 11 is 14.0. The van der Waals surface area contributed by atoms with E-state index in [4.69, 9.17) is 53.2 Å². The van der Waals surface area contributed by atoms with Crippen LogP contribution in [-0.2, 0) is 32.7 Å². The molecule has 1 aliphatic rings. The van der Waals surface area contributed by atoms with E-state index in [9.17, 15) is 19.3 Å². The minimum absolute atomic E-state index is 0.0149. The number of rotatable bonds is 12. The number of alkyl halides is 2. The number of hydrogen-bond acceptors (Lipinski definition) is 14. The second-order valence-corrected chi connectivity index (χ2v) is 15.1. The molecular formula is C23H36Cl2N7O8PS. The van der Waals surface area contributed by atoms with Crippen molar-refractivity contribution < 1.29 is 37.8 Å². The van der Waals surface area contributed by atoms with Crippen molar-refractivity contribution in [2.45, 2.75) is 76.5 Å². The lowest BCUT2D eigenvalue weighted by Gasteiger charge is -2.25. The number of aliphatic hydroxyl groups is 1. The fourth-order valence-corrected chi connectivity index (χ4v) is 6.63. The number of imidazole rings is 1. The Balaban J connectivity index is 1.76. The van der Waals surface area contributed by atoms with Crippen molar-refractivity contribution >= 4 is 76.7 Å². The molecular weight excluding hydrogens is 636 g/mol. The summed E-state index contributed by atoms with van der Waals surface area (Å²) in [6.45, 7) is 9.38. The number of carbonyl (C=O) groups excluding carboxylic acids is 2. The molecule has 6 N–H and O–H groups in total. The van der Waals surface area contributed by atoms with Crippen molar-refractivity contribution in [3.8, 4) is 0 Å². The minimum Gasteiger partial charge on any atom is -0.462 e. The molecule has 0 radical (unpaired) electrons. The van der Waals surface area contributed by atoms with Gasteiger partial charge in [-0.05, 0) is 20.8 Å². The zero-order valence-electron chi connectivity index (χ0n) is 23.9. The summed E-state index contributed by atoms with van der Waals surface area (Å²) in [4.78, 5) is 36.7. The highest BCUT2D eigenvalue weighted by atomic mass is 35.5. The fourth-order valence-electron chi connectivity index (χ4n) is 3.65. The van der Waals surface area contributed by atoms with Gasteiger partial charge in [0.2, 0.25) is 5.95 Å². The molecule has 0 spiro atoms. The first-order chi connectivity index (χ1) is 19.4. The Morgan fingerprint density at radius 3 is 2.55 bits per heavy atom. The Bertz CT molecular complexity index is 1340. The van der Waals surface area contributed by atoms with Gasteiger partial charge in [0.1, 0.15) is 23.8 Å². The molecule has 0 aromatic carbocycles. The van der Waals surface area contributed by atoms with Crippen LogP contribution in [0.15, 0.2) is 6.33 Å². The molecule has 42 heavy (non-hydrogen) atoms. The third kappa shape index (κ3) is 8.24. The van der Waals surface area contributed by atoms with E-state index in [1.54, 1.807) is 34.6 Å². The summed E-state index contributed by atoms with van der Waals surface area (Å²) < 4.78 is 35.3. The number of carbonyl (C=O) groups is 2. The van der Waals surface area contributed by atoms with Crippen LogP contribution in [0, 0.1) is 5.41 Å². The van der Waals surface area contributed by atoms with Crippen molar-refractivity contribution in [2.24, 2.45) is 5.41 Å². The smallest absolute Gasteiger partial charge is 0.406 e. The van der Waals surface area contributed by atoms with E-state index in [-0.39, 0.29) is 40.4 Å². The number of aliphatic hydroxyl groups excluding tert-OH is 1. The molecule has 3 rings (SSSR count). The molecule has 0 saturated carbocycles. The van der Waals surface area contributed by atoms with Gasteiger partial charge in [0, 0.05) is 11.2 Å². The maximum absolute atomic E-state index is 13.7. The van der Waals surface area contributed by atoms with Gasteiger partial charge in [-0.15, -0.1) is 0 Å². The lowest BCUT2D eigenvalue weighted by molar-refractivity contribution is -0.149. The summed E-state index contributed by atoms with van der Waals surface area (Å²) in [5, 5.41) is 13.4. The van der Waals surface area contributed by atoms with Gasteiger partial charge in [0.25, 0.3) is 0 Å². The normalized spacial score (nSPS) is 22.8. The molecule has 15 nitrogen and oxygen atoms in total. The van der Waals surface area contributed by atoms with Crippen molar-refractivity contribution in [1.29, 1.82) is 0 Å². The van der Waals surface area contributed by atoms with Crippen LogP contribution in [0.5, 0.6) is 0 Å². The van der Waals surface area contributed by atoms with Gasteiger partial charge in [0.05, 0.1) is 25.6 Å². The number of aromatic nitrogens is 4. The quantitative estimate of drug-likeness (QED) is 0.110. The standard InChI is InChI=1S/C23H36Cl2N7O8PS/c1-11(2)39-18(34)12(3)31-41(36,37-7-8-42-20(35)22(4,5)6)38-9-13-15(33)23(24,25)19(40-13)32-10-28-14-16(26)29-21(27)30-17(14)32/h10-13,15,19,33H,7-9H2,1-6H3,(H,31,36)(H4,26,27,29,30)/t12-,13+,15+,19+,41+/m0/s1. The number of fused-ring (bicyclic) bond motifs is 1. The molecule has 5 atom stereocenters. The van der Waals surface area contributed by atoms with Gasteiger partial charge in [-0.25, -0.2) is 14.6 Å². The summed E-state index contributed by atoms with van der Waals surface area (Å²) in [7, 11) is -4.25. The van der Waals surface area contributed by atoms with Gasteiger partial charge < -0.3 is 26.0 Å². The predicted molar refractivity (Wildman–Crippen MR) is 159 cm³/mol. The number of nitrogen functional groups attached to an aromatic ring is 2. The molecule has 0 aliphatic carbocycles. The summed E-state index contributed by atoms with van der Waals surface area (Å²) in [5.41, 5.74) is 11.4. The third-order valence-electron chi connectivity index (χ3n) is 5.75. The lowest BCUT2D eigenvalue weighted by atomic mass is 10.00. The van der Waals surface area contributed by atoms with E-state index in [0.29, 0.717) is 0 Å². The molecule has 2 aromatic rings. The average molecular weight is 673 g/mol. The van der Waals surface area contributed by atoms with E-state index in [2.05, 4.69) is 20.0 Å². The van der Waals surface area contributed by atoms with Gasteiger partial charge in [-0.2, -0.15) is 9.97 Å². The number of esters is 1. The highest BCUT2D eigenvalue weighted by Crippen LogP contribution is 2.50. The first-order valence-electron chi connectivity index (χ1n) is 12.9. The van der Waals surface area contributed by atoms with Crippen LogP contribution < -0.4 is 16.6 Å². The minimum atomic E-state index is -4.25. The average Bonchev–Trinajstić information content (AvgIpc) is 3.37. The van der Waals surface area contributed by atoms with Gasteiger partial charge in [0.15, 0.2) is 27.1 Å². The van der Waals surface area contributed by atoms with Crippen LogP contribution >= 0.6 is 42.7 Å². The molecule has 2 aromatic heterocycles. The number of halogens is 2. The van der Waals surface area contributed by atoms with Gasteiger partial charge >= 0.3 is 13.7 Å². The van der Waals surface area contributed by atoms with Gasteiger partial charge in [-0.3, -0.25) is 23.2 Å². The second-order valence-electron chi connectivity index (χ2n) is 10.8. The highest BCUT2D eigenvalue weighted by Gasteiger charge is 2.56. The Labute approximate surface area is 257 Å². The van der Waals surface area contributed by atoms with Crippen molar-refractivity contribution in [1.82, 2.24) is 24.6 Å². The van der Waals surface area contributed by atoms with Crippen LogP contribution in [0.1, 0.15) is 47.8 Å². The molecule has 1 aliphatic heterocycles. The molecule has 0 amide bonds. The van der Waals surface area contributed by atoms with E-state index >= 15 is 0 Å². The third-order valence-corrected chi connectivity index (χ3v) is 9.53. The fraction of sp³-hybridized carbons (Fsp3) is 0.696. The van der Waals surface area contributed by atoms with E-state index in [1.165, 1.54) is 17.8 Å². The van der Waals surface area contributed by atoms with E-state index in [0.717, 1.165) is 11.8 Å². The molecule has 1 saturated heterocycles. The summed E-state index contributed by atoms with van der Waals surface area (Å²) in [5.74, 6) is -0.651. The first-order valence-corrected chi connectivity index (χ1v) is 16.2. The van der Waals surface area contributed by atoms with Crippen LogP contribution in [0.4, 0.5) is 11.8 Å². The predicted octanol–water partition coefficient (Wildman–Crippen LogP) is 2.80. The largest absolute Gasteiger partial charge is 0.462 e. The topological polar surface area (TPSA) is 216 Å². The molecule has 19 heteroatoms. The monoisotopic (exact) mass is 671 g/mol. The number of anilines is 2. The molecule has 1 fully saturated rings. The van der Waals surface area contributed by atoms with Crippen LogP contribution in [0.25, 0.3) is 11.2 Å². The van der Waals surface area contributed by atoms with Crippen molar-refractivity contribution in [2.75, 3.05) is 30.4 Å². The Kier molecular flexibility index (Phi) is 11.2.